The second-order valence-electron chi connectivity index (χ2n) is 6.25. The zero-order valence-electron chi connectivity index (χ0n) is 11.8. The highest BCUT2D eigenvalue weighted by Gasteiger charge is 2.37. The molecule has 1 aliphatic heterocycles. The van der Waals surface area contributed by atoms with Crippen LogP contribution in [-0.4, -0.2) is 34.6 Å². The summed E-state index contributed by atoms with van der Waals surface area (Å²) < 4.78 is 0. The summed E-state index contributed by atoms with van der Waals surface area (Å²) in [5, 5.41) is 9.62. The van der Waals surface area contributed by atoms with Crippen molar-refractivity contribution in [3.8, 4) is 0 Å². The minimum absolute atomic E-state index is 0.194. The first-order valence-corrected chi connectivity index (χ1v) is 7.58. The van der Waals surface area contributed by atoms with E-state index >= 15 is 0 Å². The smallest absolute Gasteiger partial charge is 0.225 e. The molecule has 1 heterocycles. The van der Waals surface area contributed by atoms with Crippen molar-refractivity contribution in [3.05, 3.63) is 0 Å². The Labute approximate surface area is 111 Å². The number of aliphatic hydroxyl groups is 1. The third-order valence-corrected chi connectivity index (χ3v) is 4.49. The number of hydrogen-bond acceptors (Lipinski definition) is 2. The van der Waals surface area contributed by atoms with Crippen molar-refractivity contribution in [2.45, 2.75) is 70.9 Å². The van der Waals surface area contributed by atoms with Gasteiger partial charge >= 0.3 is 0 Å². The third kappa shape index (κ3) is 3.47. The van der Waals surface area contributed by atoms with Crippen LogP contribution in [-0.2, 0) is 4.79 Å². The van der Waals surface area contributed by atoms with Gasteiger partial charge in [-0.25, -0.2) is 0 Å². The van der Waals surface area contributed by atoms with E-state index in [0.29, 0.717) is 11.8 Å². The van der Waals surface area contributed by atoms with Gasteiger partial charge in [0.1, 0.15) is 0 Å². The number of rotatable bonds is 4. The van der Waals surface area contributed by atoms with E-state index in [1.807, 2.05) is 6.92 Å². The summed E-state index contributed by atoms with van der Waals surface area (Å²) in [6.45, 7) is 4.81. The normalized spacial score (nSPS) is 28.6. The molecule has 3 atom stereocenters. The zero-order chi connectivity index (χ0) is 13.1. The van der Waals surface area contributed by atoms with Gasteiger partial charge in [0.05, 0.1) is 6.10 Å². The van der Waals surface area contributed by atoms with E-state index in [2.05, 4.69) is 11.8 Å². The van der Waals surface area contributed by atoms with Crippen molar-refractivity contribution in [2.24, 2.45) is 11.8 Å². The van der Waals surface area contributed by atoms with Crippen molar-refractivity contribution in [1.82, 2.24) is 4.90 Å². The van der Waals surface area contributed by atoms with Gasteiger partial charge in [0.15, 0.2) is 0 Å². The molecule has 3 nitrogen and oxygen atoms in total. The Balaban J connectivity index is 2.01. The van der Waals surface area contributed by atoms with Crippen molar-refractivity contribution < 1.29 is 9.90 Å². The first-order valence-electron chi connectivity index (χ1n) is 7.58. The molecule has 0 spiro atoms. The van der Waals surface area contributed by atoms with E-state index in [0.717, 1.165) is 25.8 Å². The lowest BCUT2D eigenvalue weighted by atomic mass is 9.99. The number of nitrogens with zero attached hydrogens (tertiary/aromatic N) is 1. The molecule has 1 saturated heterocycles. The van der Waals surface area contributed by atoms with Crippen LogP contribution in [0.1, 0.15) is 58.8 Å². The Morgan fingerprint density at radius 3 is 2.56 bits per heavy atom. The molecule has 2 aliphatic rings. The summed E-state index contributed by atoms with van der Waals surface area (Å²) in [5.41, 5.74) is 0. The predicted molar refractivity (Wildman–Crippen MR) is 72.2 cm³/mol. The van der Waals surface area contributed by atoms with E-state index in [9.17, 15) is 9.90 Å². The van der Waals surface area contributed by atoms with Gasteiger partial charge in [0.2, 0.25) is 5.91 Å². The fourth-order valence-electron chi connectivity index (χ4n) is 3.17. The number of amides is 1. The van der Waals surface area contributed by atoms with Crippen molar-refractivity contribution in [1.29, 1.82) is 0 Å². The molecule has 0 aromatic heterocycles. The van der Waals surface area contributed by atoms with Gasteiger partial charge in [-0.05, 0) is 44.9 Å². The molecule has 0 radical (unpaired) electrons. The van der Waals surface area contributed by atoms with Crippen LogP contribution in [0.25, 0.3) is 0 Å². The molecule has 0 aromatic carbocycles. The first-order chi connectivity index (χ1) is 8.59. The minimum Gasteiger partial charge on any atom is -0.393 e. The topological polar surface area (TPSA) is 40.5 Å². The molecule has 1 saturated carbocycles. The lowest BCUT2D eigenvalue weighted by molar-refractivity contribution is -0.138. The number of carbonyl (C=O) groups excluding carboxylic acids is 1. The highest BCUT2D eigenvalue weighted by Crippen LogP contribution is 2.38. The van der Waals surface area contributed by atoms with Crippen LogP contribution < -0.4 is 0 Å². The number of aliphatic hydroxyl groups excluding tert-OH is 1. The Hall–Kier alpha value is -0.570. The number of hydrogen-bond donors (Lipinski definition) is 1. The molecule has 0 aromatic rings. The molecule has 1 amide bonds. The van der Waals surface area contributed by atoms with Crippen LogP contribution in [0.4, 0.5) is 0 Å². The van der Waals surface area contributed by atoms with Gasteiger partial charge < -0.3 is 10.0 Å². The summed E-state index contributed by atoms with van der Waals surface area (Å²) >= 11 is 0. The molecule has 1 N–H and O–H groups in total. The summed E-state index contributed by atoms with van der Waals surface area (Å²) in [6, 6.07) is 0.265. The largest absolute Gasteiger partial charge is 0.393 e. The van der Waals surface area contributed by atoms with Gasteiger partial charge in [-0.15, -0.1) is 0 Å². The van der Waals surface area contributed by atoms with Crippen LogP contribution in [0.5, 0.6) is 0 Å². The molecule has 104 valence electrons. The fourth-order valence-corrected chi connectivity index (χ4v) is 3.17. The molecule has 2 fully saturated rings. The molecule has 3 heteroatoms. The predicted octanol–water partition coefficient (Wildman–Crippen LogP) is 2.57. The maximum atomic E-state index is 12.6. The van der Waals surface area contributed by atoms with Crippen LogP contribution in [0.2, 0.25) is 0 Å². The maximum Gasteiger partial charge on any atom is 0.225 e. The molecule has 1 aliphatic carbocycles. The second kappa shape index (κ2) is 6.05. The summed E-state index contributed by atoms with van der Waals surface area (Å²) in [5.74, 6) is 1.16. The second-order valence-corrected chi connectivity index (χ2v) is 6.25. The minimum atomic E-state index is -0.306. The van der Waals surface area contributed by atoms with E-state index in [1.54, 1.807) is 0 Å². The van der Waals surface area contributed by atoms with Crippen LogP contribution >= 0.6 is 0 Å². The summed E-state index contributed by atoms with van der Waals surface area (Å²) in [6.07, 6.45) is 7.48. The molecular weight excluding hydrogens is 226 g/mol. The lowest BCUT2D eigenvalue weighted by Gasteiger charge is -2.33. The average Bonchev–Trinajstić information content (AvgIpc) is 3.13. The summed E-state index contributed by atoms with van der Waals surface area (Å²) in [4.78, 5) is 14.7. The maximum absolute atomic E-state index is 12.6. The van der Waals surface area contributed by atoms with E-state index in [-0.39, 0.29) is 18.1 Å². The van der Waals surface area contributed by atoms with Gasteiger partial charge in [0.25, 0.3) is 0 Å². The van der Waals surface area contributed by atoms with Crippen molar-refractivity contribution in [3.63, 3.8) is 0 Å². The zero-order valence-corrected chi connectivity index (χ0v) is 11.8. The van der Waals surface area contributed by atoms with Gasteiger partial charge in [-0.2, -0.15) is 0 Å². The number of carbonyl (C=O) groups is 1. The first kappa shape index (κ1) is 13.9. The van der Waals surface area contributed by atoms with Crippen molar-refractivity contribution in [2.75, 3.05) is 6.54 Å². The average molecular weight is 253 g/mol. The monoisotopic (exact) mass is 253 g/mol. The molecule has 2 rings (SSSR count). The highest BCUT2D eigenvalue weighted by molar-refractivity contribution is 5.79. The molecule has 18 heavy (non-hydrogen) atoms. The van der Waals surface area contributed by atoms with Gasteiger partial charge in [-0.1, -0.05) is 19.8 Å². The van der Waals surface area contributed by atoms with Crippen molar-refractivity contribution >= 4 is 5.91 Å². The number of likely N-dealkylation sites (tertiary alicyclic amines) is 1. The Morgan fingerprint density at radius 1 is 1.22 bits per heavy atom. The standard InChI is InChI=1S/C15H27NO2/c1-11(17)10-14-6-4-3-5-9-16(14)15(18)12(2)13-7-8-13/h11-14,17H,3-10H2,1-2H3. The quantitative estimate of drug-likeness (QED) is 0.836. The van der Waals surface area contributed by atoms with Crippen LogP contribution in [0.3, 0.4) is 0 Å². The highest BCUT2D eigenvalue weighted by atomic mass is 16.3. The molecular formula is C15H27NO2. The summed E-state index contributed by atoms with van der Waals surface area (Å²) in [7, 11) is 0. The Kier molecular flexibility index (Phi) is 4.66. The Bertz CT molecular complexity index is 286. The van der Waals surface area contributed by atoms with E-state index < -0.39 is 0 Å². The molecule has 3 unspecified atom stereocenters. The van der Waals surface area contributed by atoms with Gasteiger partial charge in [-0.3, -0.25) is 4.79 Å². The third-order valence-electron chi connectivity index (χ3n) is 4.49. The SMILES string of the molecule is CC(O)CC1CCCCCN1C(=O)C(C)C1CC1. The molecule has 0 bridgehead atoms. The van der Waals surface area contributed by atoms with E-state index in [4.69, 9.17) is 0 Å². The van der Waals surface area contributed by atoms with E-state index in [1.165, 1.54) is 25.7 Å². The lowest BCUT2D eigenvalue weighted by Crippen LogP contribution is -2.44. The Morgan fingerprint density at radius 2 is 1.94 bits per heavy atom. The van der Waals surface area contributed by atoms with Crippen LogP contribution in [0.15, 0.2) is 0 Å². The fraction of sp³-hybridized carbons (Fsp3) is 0.933. The van der Waals surface area contributed by atoms with Gasteiger partial charge in [0, 0.05) is 18.5 Å². The van der Waals surface area contributed by atoms with Crippen LogP contribution in [0, 0.1) is 11.8 Å².